The second kappa shape index (κ2) is 9.39. The number of nitrogens with zero attached hydrogens (tertiary/aromatic N) is 3. The fourth-order valence-electron chi connectivity index (χ4n) is 6.01. The minimum absolute atomic E-state index is 0.0121. The van der Waals surface area contributed by atoms with Gasteiger partial charge >= 0.3 is 6.18 Å². The normalized spacial score (nSPS) is 26.2. The molecule has 7 nitrogen and oxygen atoms in total. The average Bonchev–Trinajstić information content (AvgIpc) is 2.82. The van der Waals surface area contributed by atoms with Crippen LogP contribution in [0.15, 0.2) is 36.7 Å². The lowest BCUT2D eigenvalue weighted by atomic mass is 9.60. The molecule has 1 saturated heterocycles. The number of carbonyl (C=O) groups is 1. The number of rotatable bonds is 5. The van der Waals surface area contributed by atoms with E-state index in [1.807, 2.05) is 6.08 Å². The van der Waals surface area contributed by atoms with Gasteiger partial charge in [0.15, 0.2) is 5.82 Å². The first-order valence-corrected chi connectivity index (χ1v) is 12.2. The quantitative estimate of drug-likeness (QED) is 0.486. The Balaban J connectivity index is 1.56. The second-order valence-electron chi connectivity index (χ2n) is 9.74. The van der Waals surface area contributed by atoms with Gasteiger partial charge in [-0.15, -0.1) is 0 Å². The van der Waals surface area contributed by atoms with Gasteiger partial charge in [0.2, 0.25) is 5.91 Å². The molecule has 0 bridgehead atoms. The molecule has 0 spiro atoms. The van der Waals surface area contributed by atoms with Gasteiger partial charge in [-0.05, 0) is 37.5 Å². The van der Waals surface area contributed by atoms with Gasteiger partial charge in [-0.2, -0.15) is 13.2 Å². The van der Waals surface area contributed by atoms with E-state index < -0.39 is 11.7 Å². The molecule has 5 rings (SSSR count). The summed E-state index contributed by atoms with van der Waals surface area (Å²) < 4.78 is 46.7. The number of hydrogen-bond donors (Lipinski definition) is 2. The molecule has 0 radical (unpaired) electrons. The highest BCUT2D eigenvalue weighted by atomic mass is 19.4. The second-order valence-corrected chi connectivity index (χ2v) is 9.74. The van der Waals surface area contributed by atoms with E-state index in [0.717, 1.165) is 44.2 Å². The summed E-state index contributed by atoms with van der Waals surface area (Å²) in [6, 6.07) is 3.21. The van der Waals surface area contributed by atoms with Crippen LogP contribution in [0.25, 0.3) is 10.9 Å². The number of amides is 1. The van der Waals surface area contributed by atoms with Gasteiger partial charge in [0.1, 0.15) is 6.33 Å². The number of anilines is 1. The Kier molecular flexibility index (Phi) is 6.43. The minimum atomic E-state index is -4.50. The van der Waals surface area contributed by atoms with Crippen molar-refractivity contribution in [2.45, 2.75) is 69.8 Å². The fourth-order valence-corrected chi connectivity index (χ4v) is 6.01. The van der Waals surface area contributed by atoms with E-state index in [1.54, 1.807) is 5.01 Å². The highest BCUT2D eigenvalue weighted by Crippen LogP contribution is 2.49. The first kappa shape index (κ1) is 24.0. The zero-order valence-corrected chi connectivity index (χ0v) is 19.6. The summed E-state index contributed by atoms with van der Waals surface area (Å²) in [5.74, 6) is -0.0489. The molecule has 2 fully saturated rings. The number of alkyl halides is 3. The van der Waals surface area contributed by atoms with Gasteiger partial charge in [0.25, 0.3) is 0 Å². The predicted octanol–water partition coefficient (Wildman–Crippen LogP) is 4.14. The molecule has 1 amide bonds. The lowest BCUT2D eigenvalue weighted by molar-refractivity contribution is -0.137. The number of nitrogens with one attached hydrogen (secondary N) is 2. The predicted molar refractivity (Wildman–Crippen MR) is 125 cm³/mol. The van der Waals surface area contributed by atoms with Crippen LogP contribution in [0.1, 0.15) is 51.0 Å². The van der Waals surface area contributed by atoms with Crippen LogP contribution in [-0.2, 0) is 15.7 Å². The third-order valence-electron chi connectivity index (χ3n) is 7.67. The molecular weight excluding hydrogens is 459 g/mol. The van der Waals surface area contributed by atoms with Gasteiger partial charge in [-0.3, -0.25) is 15.2 Å². The van der Waals surface area contributed by atoms with Crippen molar-refractivity contribution in [3.63, 3.8) is 0 Å². The first-order valence-electron chi connectivity index (χ1n) is 12.2. The Morgan fingerprint density at radius 2 is 2.00 bits per heavy atom. The van der Waals surface area contributed by atoms with E-state index in [2.05, 4.69) is 26.8 Å². The molecular formula is C25H30F3N5O2. The van der Waals surface area contributed by atoms with E-state index in [1.165, 1.54) is 25.7 Å². The molecule has 2 aliphatic heterocycles. The summed E-state index contributed by atoms with van der Waals surface area (Å²) in [6.07, 6.45) is 7.27. The van der Waals surface area contributed by atoms with Crippen molar-refractivity contribution in [2.75, 3.05) is 18.2 Å². The Hall–Kier alpha value is -2.72. The maximum absolute atomic E-state index is 13.5. The van der Waals surface area contributed by atoms with E-state index >= 15 is 0 Å². The summed E-state index contributed by atoms with van der Waals surface area (Å²) in [7, 11) is 0. The van der Waals surface area contributed by atoms with Crippen molar-refractivity contribution in [1.82, 2.24) is 20.7 Å². The number of fused-ring (bicyclic) bond motifs is 1. The Morgan fingerprint density at radius 1 is 1.20 bits per heavy atom. The first-order chi connectivity index (χ1) is 16.8. The molecule has 1 aromatic heterocycles. The van der Waals surface area contributed by atoms with Gasteiger partial charge in [-0.1, -0.05) is 31.4 Å². The summed E-state index contributed by atoms with van der Waals surface area (Å²) in [4.78, 5) is 20.8. The van der Waals surface area contributed by atoms with Crippen LogP contribution in [-0.4, -0.2) is 47.2 Å². The number of carbonyl (C=O) groups excluding carboxylic acids is 1. The highest BCUT2D eigenvalue weighted by molar-refractivity contribution is 5.91. The lowest BCUT2D eigenvalue weighted by Gasteiger charge is -2.58. The Bertz CT molecular complexity index is 1120. The maximum atomic E-state index is 13.5. The van der Waals surface area contributed by atoms with Crippen molar-refractivity contribution in [3.05, 3.63) is 42.2 Å². The zero-order chi connectivity index (χ0) is 24.6. The lowest BCUT2D eigenvalue weighted by Crippen LogP contribution is -2.75. The zero-order valence-electron chi connectivity index (χ0n) is 19.6. The van der Waals surface area contributed by atoms with Crippen molar-refractivity contribution in [1.29, 1.82) is 0 Å². The van der Waals surface area contributed by atoms with Crippen LogP contribution in [0, 0.1) is 5.41 Å². The molecule has 2 N–H and O–H groups in total. The smallest absolute Gasteiger partial charge is 0.373 e. The van der Waals surface area contributed by atoms with Crippen LogP contribution in [0.3, 0.4) is 0 Å². The summed E-state index contributed by atoms with van der Waals surface area (Å²) in [5.41, 5.74) is 2.33. The van der Waals surface area contributed by atoms with Crippen molar-refractivity contribution in [3.8, 4) is 0 Å². The standard InChI is InChI=1S/C25H30F3N5O2/c1-16(34)32-33(23-18-13-17(25(26,27)28)8-9-19(18)30-15-31-23)20-14-29-22(20)24(10-4-2-5-11-24)21-7-3-6-12-35-21/h3,6,8-9,13,15,20-22,29H,2,4-5,7,10-12,14H2,1H3,(H,32,34). The van der Waals surface area contributed by atoms with Crippen LogP contribution < -0.4 is 15.8 Å². The monoisotopic (exact) mass is 489 g/mol. The van der Waals surface area contributed by atoms with E-state index in [-0.39, 0.29) is 40.7 Å². The Labute approximate surface area is 202 Å². The largest absolute Gasteiger partial charge is 0.416 e. The Morgan fingerprint density at radius 3 is 2.63 bits per heavy atom. The third kappa shape index (κ3) is 4.49. The molecule has 10 heteroatoms. The molecule has 3 aliphatic rings. The molecule has 1 aromatic carbocycles. The fraction of sp³-hybridized carbons (Fsp3) is 0.560. The maximum Gasteiger partial charge on any atom is 0.416 e. The highest BCUT2D eigenvalue weighted by Gasteiger charge is 2.54. The minimum Gasteiger partial charge on any atom is -0.373 e. The van der Waals surface area contributed by atoms with Gasteiger partial charge in [0, 0.05) is 30.3 Å². The number of benzene rings is 1. The van der Waals surface area contributed by atoms with E-state index in [4.69, 9.17) is 4.74 Å². The van der Waals surface area contributed by atoms with E-state index in [9.17, 15) is 18.0 Å². The molecule has 3 atom stereocenters. The van der Waals surface area contributed by atoms with Crippen LogP contribution in [0.5, 0.6) is 0 Å². The number of aromatic nitrogens is 2. The van der Waals surface area contributed by atoms with Crippen molar-refractivity contribution < 1.29 is 22.7 Å². The summed E-state index contributed by atoms with van der Waals surface area (Å²) in [5, 5.41) is 5.49. The molecule has 3 unspecified atom stereocenters. The number of hydrogen-bond acceptors (Lipinski definition) is 6. The molecule has 1 saturated carbocycles. The number of halogens is 3. The number of hydrazine groups is 1. The van der Waals surface area contributed by atoms with Crippen LogP contribution in [0.2, 0.25) is 0 Å². The van der Waals surface area contributed by atoms with Crippen LogP contribution >= 0.6 is 0 Å². The summed E-state index contributed by atoms with van der Waals surface area (Å²) >= 11 is 0. The molecule has 35 heavy (non-hydrogen) atoms. The van der Waals surface area contributed by atoms with Gasteiger partial charge in [0.05, 0.1) is 29.8 Å². The molecule has 1 aliphatic carbocycles. The van der Waals surface area contributed by atoms with Crippen LogP contribution in [0.4, 0.5) is 19.0 Å². The van der Waals surface area contributed by atoms with Gasteiger partial charge in [-0.25, -0.2) is 9.97 Å². The van der Waals surface area contributed by atoms with E-state index in [0.29, 0.717) is 18.7 Å². The topological polar surface area (TPSA) is 79.4 Å². The molecule has 2 aromatic rings. The summed E-state index contributed by atoms with van der Waals surface area (Å²) in [6.45, 7) is 2.54. The average molecular weight is 490 g/mol. The van der Waals surface area contributed by atoms with Gasteiger partial charge < -0.3 is 10.1 Å². The van der Waals surface area contributed by atoms with Crippen molar-refractivity contribution >= 4 is 22.6 Å². The van der Waals surface area contributed by atoms with Crippen molar-refractivity contribution in [2.24, 2.45) is 5.41 Å². The number of ether oxygens (including phenoxy) is 1. The molecule has 3 heterocycles. The SMILES string of the molecule is CC(=O)NN(c1ncnc2ccc(C(F)(F)F)cc12)C1CNC1C1(C2CC=CCO2)CCCCC1. The third-order valence-corrected chi connectivity index (χ3v) is 7.67. The molecule has 188 valence electrons.